The molecule has 1 nitrogen and oxygen atoms in total. The molecule has 2 aliphatic heterocycles. The Hall–Kier alpha value is -4.30. The summed E-state index contributed by atoms with van der Waals surface area (Å²) >= 11 is 0. The van der Waals surface area contributed by atoms with E-state index < -0.39 is 0 Å². The largest absolute Gasteiger partial charge is 0.314 e. The highest BCUT2D eigenvalue weighted by molar-refractivity contribution is 7.02. The molecular weight excluding hydrogens is 745 g/mol. The second kappa shape index (κ2) is 12.5. The average Bonchev–Trinajstić information content (AvgIpc) is 3.57. The van der Waals surface area contributed by atoms with Crippen LogP contribution < -0.4 is 15.8 Å². The SMILES string of the molecule is CC(C)(C)c1ccc(N2C3=C(B4c5cc(C(C)(C)C)cc6c5C(c5cc(-c7ccccc7)cc2c54)C2(C)CCCCC62C)c2cc4c(cc2C3(C)C)C(C)(C)CCC4(C)C)cc1. The fraction of sp³-hybridized carbons (Fsp3) is 0.467. The van der Waals surface area contributed by atoms with Gasteiger partial charge in [-0.2, -0.15) is 0 Å². The van der Waals surface area contributed by atoms with E-state index in [1.807, 2.05) is 0 Å². The molecule has 0 N–H and O–H groups in total. The van der Waals surface area contributed by atoms with Gasteiger partial charge in [0.15, 0.2) is 0 Å². The molecule has 5 aromatic rings. The predicted molar refractivity (Wildman–Crippen MR) is 267 cm³/mol. The van der Waals surface area contributed by atoms with Crippen molar-refractivity contribution in [3.05, 3.63) is 147 Å². The first kappa shape index (κ1) is 40.5. The van der Waals surface area contributed by atoms with Crippen molar-refractivity contribution in [3.8, 4) is 11.1 Å². The molecule has 3 atom stereocenters. The van der Waals surface area contributed by atoms with Gasteiger partial charge in [-0.1, -0.05) is 188 Å². The third-order valence-electron chi connectivity index (χ3n) is 18.2. The summed E-state index contributed by atoms with van der Waals surface area (Å²) in [6, 6.07) is 37.2. The molecule has 0 saturated heterocycles. The van der Waals surface area contributed by atoms with Gasteiger partial charge in [0.2, 0.25) is 6.71 Å². The van der Waals surface area contributed by atoms with E-state index in [0.717, 1.165) is 0 Å². The number of hydrogen-bond donors (Lipinski definition) is 0. The van der Waals surface area contributed by atoms with Gasteiger partial charge in [0.05, 0.1) is 0 Å². The molecular formula is C60H70BN. The molecule has 6 aliphatic rings. The quantitative estimate of drug-likeness (QED) is 0.160. The van der Waals surface area contributed by atoms with Gasteiger partial charge in [0.25, 0.3) is 0 Å². The van der Waals surface area contributed by atoms with Gasteiger partial charge < -0.3 is 4.90 Å². The van der Waals surface area contributed by atoms with E-state index in [9.17, 15) is 0 Å². The summed E-state index contributed by atoms with van der Waals surface area (Å²) in [6.45, 7) is 35.0. The molecule has 62 heavy (non-hydrogen) atoms. The van der Waals surface area contributed by atoms with Crippen molar-refractivity contribution >= 4 is 34.5 Å². The van der Waals surface area contributed by atoms with Crippen LogP contribution in [0.25, 0.3) is 16.6 Å². The lowest BCUT2D eigenvalue weighted by molar-refractivity contribution is 0.0926. The second-order valence-electron chi connectivity index (χ2n) is 25.2. The highest BCUT2D eigenvalue weighted by atomic mass is 15.2. The molecule has 2 heterocycles. The van der Waals surface area contributed by atoms with Crippen molar-refractivity contribution in [3.63, 3.8) is 0 Å². The highest BCUT2D eigenvalue weighted by Crippen LogP contribution is 2.69. The Labute approximate surface area is 374 Å². The zero-order valence-electron chi connectivity index (χ0n) is 40.5. The lowest BCUT2D eigenvalue weighted by Crippen LogP contribution is -2.57. The van der Waals surface area contributed by atoms with Crippen molar-refractivity contribution in [2.75, 3.05) is 4.90 Å². The van der Waals surface area contributed by atoms with Crippen LogP contribution in [0.2, 0.25) is 0 Å². The normalized spacial score (nSPS) is 25.7. The standard InChI is InChI=1S/C60H70BN/c1-54(2,3)38-22-24-40(25-23-38)62-48-31-37(36-20-16-15-17-21-36)30-42-50-49-46(59(13)26-18-19-27-60(50,59)14)32-39(55(4,5)6)33-47(49)61(51(42)48)52-41-34-44-45(35-43(41)58(11,12)53(52)62)57(9,10)29-28-56(44,7)8/h15-17,20-25,30-35,50H,18-19,26-29H2,1-14H3. The summed E-state index contributed by atoms with van der Waals surface area (Å²) in [5.74, 6) is 0.338. The van der Waals surface area contributed by atoms with E-state index in [1.54, 1.807) is 44.2 Å². The molecule has 2 heteroatoms. The van der Waals surface area contributed by atoms with Gasteiger partial charge in [0, 0.05) is 28.4 Å². The fourth-order valence-electron chi connectivity index (χ4n) is 14.2. The van der Waals surface area contributed by atoms with Gasteiger partial charge in [-0.05, 0) is 149 Å². The summed E-state index contributed by atoms with van der Waals surface area (Å²) in [6.07, 6.45) is 7.58. The zero-order chi connectivity index (χ0) is 43.9. The number of fused-ring (bicyclic) bond motifs is 9. The highest BCUT2D eigenvalue weighted by Gasteiger charge is 2.64. The van der Waals surface area contributed by atoms with Crippen LogP contribution in [0.1, 0.15) is 191 Å². The molecule has 11 rings (SSSR count). The smallest absolute Gasteiger partial charge is 0.247 e. The number of allylic oxidation sites excluding steroid dienone is 1. The zero-order valence-corrected chi connectivity index (χ0v) is 40.5. The molecule has 0 aromatic heterocycles. The molecule has 0 spiro atoms. The van der Waals surface area contributed by atoms with Crippen LogP contribution >= 0.6 is 0 Å². The molecule has 1 saturated carbocycles. The van der Waals surface area contributed by atoms with E-state index in [-0.39, 0.29) is 44.6 Å². The first-order valence-electron chi connectivity index (χ1n) is 24.3. The van der Waals surface area contributed by atoms with E-state index >= 15 is 0 Å². The minimum absolute atomic E-state index is 0.0273. The second-order valence-corrected chi connectivity index (χ2v) is 25.2. The van der Waals surface area contributed by atoms with Crippen molar-refractivity contribution < 1.29 is 0 Å². The van der Waals surface area contributed by atoms with E-state index in [0.29, 0.717) is 5.92 Å². The van der Waals surface area contributed by atoms with Gasteiger partial charge in [0.1, 0.15) is 0 Å². The van der Waals surface area contributed by atoms with Crippen LogP contribution in [0, 0.1) is 5.41 Å². The maximum absolute atomic E-state index is 2.79. The maximum atomic E-state index is 2.79. The van der Waals surface area contributed by atoms with Crippen molar-refractivity contribution in [1.82, 2.24) is 0 Å². The molecule has 4 aliphatic carbocycles. The van der Waals surface area contributed by atoms with Crippen molar-refractivity contribution in [1.29, 1.82) is 0 Å². The van der Waals surface area contributed by atoms with Crippen LogP contribution in [0.5, 0.6) is 0 Å². The third-order valence-corrected chi connectivity index (χ3v) is 18.2. The van der Waals surface area contributed by atoms with Crippen molar-refractivity contribution in [2.24, 2.45) is 5.41 Å². The Morgan fingerprint density at radius 3 is 1.85 bits per heavy atom. The number of anilines is 2. The summed E-state index contributed by atoms with van der Waals surface area (Å²) in [5.41, 5.74) is 25.8. The van der Waals surface area contributed by atoms with Gasteiger partial charge >= 0.3 is 0 Å². The first-order valence-corrected chi connectivity index (χ1v) is 24.3. The first-order chi connectivity index (χ1) is 29.0. The van der Waals surface area contributed by atoms with Gasteiger partial charge in [-0.25, -0.2) is 0 Å². The Balaban J connectivity index is 1.32. The van der Waals surface area contributed by atoms with Gasteiger partial charge in [-0.15, -0.1) is 0 Å². The molecule has 0 amide bonds. The number of benzene rings is 5. The monoisotopic (exact) mass is 816 g/mol. The number of rotatable bonds is 2. The lowest BCUT2D eigenvalue weighted by Gasteiger charge is -2.51. The molecule has 3 unspecified atom stereocenters. The number of nitrogens with zero attached hydrogens (tertiary/aromatic N) is 1. The van der Waals surface area contributed by atoms with E-state index in [1.165, 1.54) is 89.0 Å². The molecule has 0 radical (unpaired) electrons. The minimum Gasteiger partial charge on any atom is -0.314 e. The van der Waals surface area contributed by atoms with Crippen LogP contribution in [0.15, 0.2) is 96.7 Å². The van der Waals surface area contributed by atoms with E-state index in [2.05, 4.69) is 193 Å². The Bertz CT molecular complexity index is 2760. The maximum Gasteiger partial charge on any atom is 0.247 e. The van der Waals surface area contributed by atoms with Crippen LogP contribution in [-0.2, 0) is 32.5 Å². The Morgan fingerprint density at radius 1 is 0.581 bits per heavy atom. The van der Waals surface area contributed by atoms with Crippen LogP contribution in [0.4, 0.5) is 11.4 Å². The van der Waals surface area contributed by atoms with Crippen LogP contribution in [0.3, 0.4) is 0 Å². The van der Waals surface area contributed by atoms with Crippen molar-refractivity contribution in [2.45, 2.75) is 174 Å². The third kappa shape index (κ3) is 5.22. The molecule has 318 valence electrons. The average molecular weight is 816 g/mol. The summed E-state index contributed by atoms with van der Waals surface area (Å²) in [4.78, 5) is 2.79. The van der Waals surface area contributed by atoms with E-state index in [4.69, 9.17) is 0 Å². The lowest BCUT2D eigenvalue weighted by atomic mass is 9.29. The minimum atomic E-state index is -0.242. The molecule has 1 fully saturated rings. The van der Waals surface area contributed by atoms with Crippen LogP contribution in [-0.4, -0.2) is 6.71 Å². The topological polar surface area (TPSA) is 3.24 Å². The summed E-state index contributed by atoms with van der Waals surface area (Å²) in [7, 11) is 0. The Kier molecular flexibility index (Phi) is 8.15. The molecule has 0 bridgehead atoms. The fourth-order valence-corrected chi connectivity index (χ4v) is 14.2. The summed E-state index contributed by atoms with van der Waals surface area (Å²) < 4.78 is 0. The predicted octanol–water partition coefficient (Wildman–Crippen LogP) is 14.6. The summed E-state index contributed by atoms with van der Waals surface area (Å²) in [5, 5.41) is 0. The Morgan fingerprint density at radius 2 is 1.21 bits per heavy atom. The number of hydrogen-bond acceptors (Lipinski definition) is 1. The van der Waals surface area contributed by atoms with Gasteiger partial charge in [-0.3, -0.25) is 0 Å². The molecule has 5 aromatic carbocycles.